The summed E-state index contributed by atoms with van der Waals surface area (Å²) in [6.07, 6.45) is 3.70. The van der Waals surface area contributed by atoms with E-state index in [-0.39, 0.29) is 11.4 Å². The molecule has 0 atom stereocenters. The van der Waals surface area contributed by atoms with E-state index in [0.717, 1.165) is 25.9 Å². The molecule has 0 bridgehead atoms. The van der Waals surface area contributed by atoms with Gasteiger partial charge >= 0.3 is 0 Å². The lowest BCUT2D eigenvalue weighted by atomic mass is 10.1. The lowest BCUT2D eigenvalue weighted by Gasteiger charge is -2.18. The van der Waals surface area contributed by atoms with Crippen molar-refractivity contribution in [2.75, 3.05) is 24.5 Å². The van der Waals surface area contributed by atoms with Gasteiger partial charge in [0.1, 0.15) is 0 Å². The zero-order chi connectivity index (χ0) is 17.9. The van der Waals surface area contributed by atoms with Crippen molar-refractivity contribution in [2.45, 2.75) is 12.8 Å². The summed E-state index contributed by atoms with van der Waals surface area (Å²) in [5.74, 6) is -0.133. The minimum atomic E-state index is -0.289. The monoisotopic (exact) mass is 347 g/mol. The fourth-order valence-corrected chi connectivity index (χ4v) is 3.56. The average molecular weight is 347 g/mol. The van der Waals surface area contributed by atoms with Crippen LogP contribution in [0.5, 0.6) is 5.88 Å². The van der Waals surface area contributed by atoms with Crippen LogP contribution >= 0.6 is 0 Å². The Labute approximate surface area is 151 Å². The largest absolute Gasteiger partial charge is 0.494 e. The van der Waals surface area contributed by atoms with Gasteiger partial charge in [-0.3, -0.25) is 14.8 Å². The predicted molar refractivity (Wildman–Crippen MR) is 106 cm³/mol. The second kappa shape index (κ2) is 7.04. The van der Waals surface area contributed by atoms with Crippen molar-refractivity contribution >= 4 is 22.7 Å². The Morgan fingerprint density at radius 3 is 2.77 bits per heavy atom. The van der Waals surface area contributed by atoms with Gasteiger partial charge in [-0.15, -0.1) is 0 Å². The molecule has 3 aromatic rings. The van der Waals surface area contributed by atoms with Crippen molar-refractivity contribution in [3.8, 4) is 5.88 Å². The summed E-state index contributed by atoms with van der Waals surface area (Å²) in [5, 5.41) is 11.3. The second-order valence-corrected chi connectivity index (χ2v) is 6.52. The lowest BCUT2D eigenvalue weighted by Crippen LogP contribution is -2.22. The molecule has 1 aliphatic heterocycles. The summed E-state index contributed by atoms with van der Waals surface area (Å²) in [6, 6.07) is 15.8. The van der Waals surface area contributed by atoms with Crippen LogP contribution in [0.1, 0.15) is 17.5 Å². The Kier molecular flexibility index (Phi) is 4.44. The lowest BCUT2D eigenvalue weighted by molar-refractivity contribution is 0.452. The Morgan fingerprint density at radius 1 is 1.12 bits per heavy atom. The Bertz CT molecular complexity index is 1020. The Hall–Kier alpha value is -3.08. The zero-order valence-corrected chi connectivity index (χ0v) is 14.5. The van der Waals surface area contributed by atoms with Crippen LogP contribution < -0.4 is 10.5 Å². The second-order valence-electron chi connectivity index (χ2n) is 6.52. The summed E-state index contributed by atoms with van der Waals surface area (Å²) < 4.78 is 0. The molecule has 132 valence electrons. The van der Waals surface area contributed by atoms with Gasteiger partial charge in [-0.25, -0.2) is 0 Å². The number of aromatic nitrogens is 1. The number of hydrogen-bond acceptors (Lipinski definition) is 4. The molecule has 0 amide bonds. The Morgan fingerprint density at radius 2 is 1.88 bits per heavy atom. The number of benzene rings is 2. The van der Waals surface area contributed by atoms with E-state index in [1.54, 1.807) is 12.3 Å². The Balaban J connectivity index is 1.42. The van der Waals surface area contributed by atoms with Gasteiger partial charge < -0.3 is 10.0 Å². The molecule has 0 saturated carbocycles. The van der Waals surface area contributed by atoms with E-state index in [0.29, 0.717) is 22.9 Å². The van der Waals surface area contributed by atoms with Crippen LogP contribution in [0.3, 0.4) is 0 Å². The third-order valence-corrected chi connectivity index (χ3v) is 4.87. The maximum Gasteiger partial charge on any atom is 0.258 e. The first-order valence-electron chi connectivity index (χ1n) is 8.91. The number of para-hydroxylation sites is 1. The SMILES string of the molecule is O=c1[nH]c(O)c(C=NCCCN2CCc3ccccc32)c2ccccc12. The minimum Gasteiger partial charge on any atom is -0.494 e. The summed E-state index contributed by atoms with van der Waals surface area (Å²) in [7, 11) is 0. The number of nitrogens with zero attached hydrogens (tertiary/aromatic N) is 2. The standard InChI is InChI=1S/C21H21N3O2/c25-20-17-8-3-2-7-16(17)18(21(26)23-20)14-22-11-5-12-24-13-10-15-6-1-4-9-19(15)24/h1-4,6-9,14H,5,10-13H2,(H2,23,25,26). The number of nitrogens with one attached hydrogen (secondary N) is 1. The van der Waals surface area contributed by atoms with E-state index in [9.17, 15) is 9.90 Å². The van der Waals surface area contributed by atoms with Crippen LogP contribution in [0.25, 0.3) is 10.8 Å². The maximum atomic E-state index is 11.9. The topological polar surface area (TPSA) is 68.7 Å². The van der Waals surface area contributed by atoms with E-state index >= 15 is 0 Å². The van der Waals surface area contributed by atoms with E-state index in [4.69, 9.17) is 0 Å². The molecule has 2 heterocycles. The molecule has 0 fully saturated rings. The van der Waals surface area contributed by atoms with Crippen LogP contribution in [0, 0.1) is 0 Å². The number of aromatic amines is 1. The summed E-state index contributed by atoms with van der Waals surface area (Å²) in [5.41, 5.74) is 3.02. The first kappa shape index (κ1) is 16.4. The first-order chi connectivity index (χ1) is 12.7. The maximum absolute atomic E-state index is 11.9. The van der Waals surface area contributed by atoms with Gasteiger partial charge in [0.15, 0.2) is 0 Å². The van der Waals surface area contributed by atoms with Gasteiger partial charge in [-0.05, 0) is 30.5 Å². The molecule has 0 spiro atoms. The zero-order valence-electron chi connectivity index (χ0n) is 14.5. The molecule has 0 aliphatic carbocycles. The molecule has 2 N–H and O–H groups in total. The van der Waals surface area contributed by atoms with E-state index < -0.39 is 0 Å². The van der Waals surface area contributed by atoms with Crippen molar-refractivity contribution < 1.29 is 5.11 Å². The molecular weight excluding hydrogens is 326 g/mol. The third kappa shape index (κ3) is 3.08. The molecule has 2 aromatic carbocycles. The molecule has 0 saturated heterocycles. The fourth-order valence-electron chi connectivity index (χ4n) is 3.56. The normalized spacial score (nSPS) is 13.6. The summed E-state index contributed by atoms with van der Waals surface area (Å²) >= 11 is 0. The highest BCUT2D eigenvalue weighted by atomic mass is 16.3. The van der Waals surface area contributed by atoms with Crippen LogP contribution in [0.4, 0.5) is 5.69 Å². The fraction of sp³-hybridized carbons (Fsp3) is 0.238. The smallest absolute Gasteiger partial charge is 0.258 e. The van der Waals surface area contributed by atoms with Crippen molar-refractivity contribution in [1.82, 2.24) is 4.98 Å². The number of H-pyrrole nitrogens is 1. The molecule has 26 heavy (non-hydrogen) atoms. The highest BCUT2D eigenvalue weighted by molar-refractivity contribution is 6.01. The van der Waals surface area contributed by atoms with Gasteiger partial charge in [-0.1, -0.05) is 36.4 Å². The number of hydrogen-bond donors (Lipinski definition) is 2. The summed E-state index contributed by atoms with van der Waals surface area (Å²) in [4.78, 5) is 21.3. The first-order valence-corrected chi connectivity index (χ1v) is 8.91. The van der Waals surface area contributed by atoms with Crippen molar-refractivity contribution in [3.05, 3.63) is 70.0 Å². The highest BCUT2D eigenvalue weighted by Gasteiger charge is 2.17. The quantitative estimate of drug-likeness (QED) is 0.550. The van der Waals surface area contributed by atoms with Crippen LogP contribution in [-0.4, -0.2) is 35.9 Å². The van der Waals surface area contributed by atoms with Gasteiger partial charge in [0, 0.05) is 42.3 Å². The molecular formula is C21H21N3O2. The van der Waals surface area contributed by atoms with Gasteiger partial charge in [0.25, 0.3) is 5.56 Å². The molecule has 0 unspecified atom stereocenters. The van der Waals surface area contributed by atoms with Crippen molar-refractivity contribution in [3.63, 3.8) is 0 Å². The van der Waals surface area contributed by atoms with Crippen LogP contribution in [0.2, 0.25) is 0 Å². The van der Waals surface area contributed by atoms with Crippen molar-refractivity contribution in [1.29, 1.82) is 0 Å². The molecule has 1 aliphatic rings. The molecule has 4 rings (SSSR count). The van der Waals surface area contributed by atoms with Crippen molar-refractivity contribution in [2.24, 2.45) is 4.99 Å². The average Bonchev–Trinajstić information content (AvgIpc) is 3.07. The van der Waals surface area contributed by atoms with Gasteiger partial charge in [-0.2, -0.15) is 0 Å². The van der Waals surface area contributed by atoms with Gasteiger partial charge in [0.2, 0.25) is 5.88 Å². The predicted octanol–water partition coefficient (Wildman–Crippen LogP) is 3.11. The van der Waals surface area contributed by atoms with Gasteiger partial charge in [0.05, 0.1) is 5.56 Å². The minimum absolute atomic E-state index is 0.133. The number of aromatic hydroxyl groups is 1. The molecule has 5 heteroatoms. The molecule has 1 aromatic heterocycles. The van der Waals surface area contributed by atoms with Crippen LogP contribution in [-0.2, 0) is 6.42 Å². The van der Waals surface area contributed by atoms with Crippen LogP contribution in [0.15, 0.2) is 58.3 Å². The third-order valence-electron chi connectivity index (χ3n) is 4.87. The number of pyridine rings is 1. The van der Waals surface area contributed by atoms with E-state index in [1.165, 1.54) is 11.3 Å². The highest BCUT2D eigenvalue weighted by Crippen LogP contribution is 2.27. The molecule has 0 radical (unpaired) electrons. The number of rotatable bonds is 5. The number of fused-ring (bicyclic) bond motifs is 2. The summed E-state index contributed by atoms with van der Waals surface area (Å²) in [6.45, 7) is 2.70. The number of aliphatic imine (C=N–C) groups is 1. The van der Waals surface area contributed by atoms with E-state index in [2.05, 4.69) is 39.1 Å². The number of anilines is 1. The molecule has 5 nitrogen and oxygen atoms in total. The van der Waals surface area contributed by atoms with E-state index in [1.807, 2.05) is 18.2 Å².